The van der Waals surface area contributed by atoms with E-state index in [1.54, 1.807) is 18.0 Å². The molecule has 2 N–H and O–H groups in total. The zero-order chi connectivity index (χ0) is 15.6. The fourth-order valence-corrected chi connectivity index (χ4v) is 3.39. The summed E-state index contributed by atoms with van der Waals surface area (Å²) in [7, 11) is 0. The van der Waals surface area contributed by atoms with Crippen LogP contribution in [0.15, 0.2) is 59.6 Å². The number of benzene rings is 2. The summed E-state index contributed by atoms with van der Waals surface area (Å²) >= 11 is 8.01. The van der Waals surface area contributed by atoms with Gasteiger partial charge in [-0.1, -0.05) is 29.8 Å². The van der Waals surface area contributed by atoms with E-state index in [1.807, 2.05) is 24.3 Å². The maximum absolute atomic E-state index is 6.21. The summed E-state index contributed by atoms with van der Waals surface area (Å²) in [6.45, 7) is 0. The summed E-state index contributed by atoms with van der Waals surface area (Å²) in [6, 6.07) is 16.5. The lowest BCUT2D eigenvalue weighted by atomic mass is 10.2. The molecular formula is C17H13ClN4S. The summed E-state index contributed by atoms with van der Waals surface area (Å²) < 4.78 is 0. The van der Waals surface area contributed by atoms with Crippen LogP contribution in [0.4, 0.5) is 23.1 Å². The molecule has 6 bridgehead atoms. The van der Waals surface area contributed by atoms with Crippen LogP contribution in [0.1, 0.15) is 5.56 Å². The highest BCUT2D eigenvalue weighted by molar-refractivity contribution is 7.98. The van der Waals surface area contributed by atoms with E-state index in [-0.39, 0.29) is 0 Å². The van der Waals surface area contributed by atoms with Crippen molar-refractivity contribution in [3.8, 4) is 0 Å². The van der Waals surface area contributed by atoms with E-state index in [0.29, 0.717) is 16.8 Å². The smallest absolute Gasteiger partial charge is 0.229 e. The standard InChI is InChI=1S/C17H13ClN4S/c18-15-9-19-17-21-13-5-2-6-14(8-13)23-10-11-3-1-4-12(7-11)20-16(15)22-17/h1-9H,10H2,(H2,19,20,21,22). The van der Waals surface area contributed by atoms with Gasteiger partial charge in [0.1, 0.15) is 5.02 Å². The van der Waals surface area contributed by atoms with Gasteiger partial charge < -0.3 is 10.6 Å². The van der Waals surface area contributed by atoms with Gasteiger partial charge in [-0.3, -0.25) is 0 Å². The topological polar surface area (TPSA) is 49.8 Å². The molecule has 6 heteroatoms. The Bertz CT molecular complexity index is 869. The molecule has 23 heavy (non-hydrogen) atoms. The molecule has 1 aromatic heterocycles. The summed E-state index contributed by atoms with van der Waals surface area (Å²) in [6.07, 6.45) is 1.60. The van der Waals surface area contributed by atoms with Crippen molar-refractivity contribution < 1.29 is 0 Å². The number of rotatable bonds is 0. The number of hydrogen-bond acceptors (Lipinski definition) is 5. The molecule has 1 aliphatic rings. The molecule has 0 aliphatic carbocycles. The number of aromatic nitrogens is 2. The Hall–Kier alpha value is -2.24. The average molecular weight is 341 g/mol. The number of halogens is 1. The quantitative estimate of drug-likeness (QED) is 0.587. The van der Waals surface area contributed by atoms with Gasteiger partial charge in [0.25, 0.3) is 0 Å². The Kier molecular flexibility index (Phi) is 3.81. The van der Waals surface area contributed by atoms with Gasteiger partial charge in [0.05, 0.1) is 6.20 Å². The van der Waals surface area contributed by atoms with Crippen LogP contribution in [0.25, 0.3) is 0 Å². The van der Waals surface area contributed by atoms with E-state index in [2.05, 4.69) is 44.9 Å². The minimum atomic E-state index is 0.485. The molecule has 0 saturated heterocycles. The van der Waals surface area contributed by atoms with Gasteiger partial charge in [-0.25, -0.2) is 4.98 Å². The maximum atomic E-state index is 6.21. The Balaban J connectivity index is 1.83. The first-order valence-electron chi connectivity index (χ1n) is 7.15. The lowest BCUT2D eigenvalue weighted by Gasteiger charge is -2.10. The summed E-state index contributed by atoms with van der Waals surface area (Å²) in [5, 5.41) is 6.97. The van der Waals surface area contributed by atoms with Gasteiger partial charge in [0, 0.05) is 22.0 Å². The number of thioether (sulfide) groups is 1. The molecule has 2 aromatic carbocycles. The predicted molar refractivity (Wildman–Crippen MR) is 96.1 cm³/mol. The van der Waals surface area contributed by atoms with E-state index in [9.17, 15) is 0 Å². The SMILES string of the molecule is Clc1cnc2nc1Nc1cccc(c1)CSc1cccc(c1)N2. The molecule has 2 heterocycles. The van der Waals surface area contributed by atoms with Crippen LogP contribution in [0.2, 0.25) is 5.02 Å². The van der Waals surface area contributed by atoms with E-state index in [4.69, 9.17) is 11.6 Å². The van der Waals surface area contributed by atoms with Crippen molar-refractivity contribution in [2.24, 2.45) is 0 Å². The second kappa shape index (κ2) is 6.10. The summed E-state index contributed by atoms with van der Waals surface area (Å²) in [5.74, 6) is 1.99. The lowest BCUT2D eigenvalue weighted by molar-refractivity contribution is 1.16. The highest BCUT2D eigenvalue weighted by atomic mass is 35.5. The molecular weight excluding hydrogens is 328 g/mol. The summed E-state index contributed by atoms with van der Waals surface area (Å²) in [5.41, 5.74) is 3.15. The molecule has 0 atom stereocenters. The van der Waals surface area contributed by atoms with Crippen LogP contribution in [-0.2, 0) is 5.75 Å². The fraction of sp³-hybridized carbons (Fsp3) is 0.0588. The second-order valence-electron chi connectivity index (χ2n) is 5.16. The monoisotopic (exact) mass is 340 g/mol. The molecule has 0 spiro atoms. The van der Waals surface area contributed by atoms with Gasteiger partial charge in [-0.15, -0.1) is 11.8 Å². The Labute approximate surface area is 143 Å². The van der Waals surface area contributed by atoms with Crippen molar-refractivity contribution >= 4 is 46.5 Å². The van der Waals surface area contributed by atoms with E-state index < -0.39 is 0 Å². The zero-order valence-corrected chi connectivity index (χ0v) is 13.7. The lowest BCUT2D eigenvalue weighted by Crippen LogP contribution is -2.01. The first-order valence-corrected chi connectivity index (χ1v) is 8.51. The van der Waals surface area contributed by atoms with Crippen molar-refractivity contribution in [3.63, 3.8) is 0 Å². The predicted octanol–water partition coefficient (Wildman–Crippen LogP) is 5.22. The molecule has 0 radical (unpaired) electrons. The Morgan fingerprint density at radius 1 is 1.00 bits per heavy atom. The van der Waals surface area contributed by atoms with Crippen molar-refractivity contribution in [1.82, 2.24) is 9.97 Å². The number of fused-ring (bicyclic) bond motifs is 6. The van der Waals surface area contributed by atoms with Gasteiger partial charge in [-0.2, -0.15) is 4.98 Å². The highest BCUT2D eigenvalue weighted by Gasteiger charge is 2.09. The van der Waals surface area contributed by atoms with Crippen molar-refractivity contribution in [1.29, 1.82) is 0 Å². The first-order chi connectivity index (χ1) is 11.3. The molecule has 0 unspecified atom stereocenters. The third-order valence-corrected chi connectivity index (χ3v) is 4.77. The normalized spacial score (nSPS) is 12.9. The zero-order valence-electron chi connectivity index (χ0n) is 12.1. The third kappa shape index (κ3) is 3.25. The molecule has 3 aromatic rings. The number of anilines is 4. The van der Waals surface area contributed by atoms with Crippen molar-refractivity contribution in [3.05, 3.63) is 65.3 Å². The molecule has 114 valence electrons. The van der Waals surface area contributed by atoms with Crippen LogP contribution < -0.4 is 10.6 Å². The number of nitrogens with one attached hydrogen (secondary N) is 2. The second-order valence-corrected chi connectivity index (χ2v) is 6.61. The van der Waals surface area contributed by atoms with Gasteiger partial charge in [-0.05, 0) is 35.9 Å². The fourth-order valence-electron chi connectivity index (χ4n) is 2.35. The molecule has 4 rings (SSSR count). The van der Waals surface area contributed by atoms with Crippen molar-refractivity contribution in [2.45, 2.75) is 10.6 Å². The third-order valence-electron chi connectivity index (χ3n) is 3.43. The van der Waals surface area contributed by atoms with Crippen LogP contribution >= 0.6 is 23.4 Å². The average Bonchev–Trinajstić information content (AvgIpc) is 2.57. The molecule has 4 nitrogen and oxygen atoms in total. The van der Waals surface area contributed by atoms with Crippen LogP contribution in [-0.4, -0.2) is 9.97 Å². The number of hydrogen-bond donors (Lipinski definition) is 2. The first kappa shape index (κ1) is 14.4. The summed E-state index contributed by atoms with van der Waals surface area (Å²) in [4.78, 5) is 9.91. The minimum Gasteiger partial charge on any atom is -0.339 e. The highest BCUT2D eigenvalue weighted by Crippen LogP contribution is 2.30. The van der Waals surface area contributed by atoms with Gasteiger partial charge >= 0.3 is 0 Å². The molecule has 0 saturated carbocycles. The van der Waals surface area contributed by atoms with E-state index in [0.717, 1.165) is 17.1 Å². The van der Waals surface area contributed by atoms with E-state index >= 15 is 0 Å². The Morgan fingerprint density at radius 2 is 1.83 bits per heavy atom. The maximum Gasteiger partial charge on any atom is 0.229 e. The largest absolute Gasteiger partial charge is 0.339 e. The van der Waals surface area contributed by atoms with Crippen molar-refractivity contribution in [2.75, 3.05) is 10.6 Å². The Morgan fingerprint density at radius 3 is 2.74 bits per heavy atom. The van der Waals surface area contributed by atoms with Crippen LogP contribution in [0.3, 0.4) is 0 Å². The molecule has 1 aliphatic heterocycles. The molecule has 0 fully saturated rings. The van der Waals surface area contributed by atoms with E-state index in [1.165, 1.54) is 10.5 Å². The van der Waals surface area contributed by atoms with Crippen LogP contribution in [0.5, 0.6) is 0 Å². The van der Waals surface area contributed by atoms with Gasteiger partial charge in [0.15, 0.2) is 5.82 Å². The van der Waals surface area contributed by atoms with Crippen LogP contribution in [0, 0.1) is 0 Å². The minimum absolute atomic E-state index is 0.485. The number of nitrogens with zero attached hydrogens (tertiary/aromatic N) is 2. The van der Waals surface area contributed by atoms with Gasteiger partial charge in [0.2, 0.25) is 5.95 Å². The molecule has 0 amide bonds.